The lowest BCUT2D eigenvalue weighted by molar-refractivity contribution is -0.116. The Morgan fingerprint density at radius 2 is 1.73 bits per heavy atom. The Kier molecular flexibility index (Phi) is 10.4. The van der Waals surface area contributed by atoms with E-state index in [0.29, 0.717) is 24.2 Å². The number of benzene rings is 1. The SMILES string of the molecule is Cc1c(NC(=O)CCCCCCN)cccc1S(=O)(=O)NC(C)(C)C.Cl. The monoisotopic (exact) mass is 405 g/mol. The minimum absolute atomic E-state index is 0. The largest absolute Gasteiger partial charge is 0.330 e. The maximum Gasteiger partial charge on any atom is 0.241 e. The third-order valence-corrected chi connectivity index (χ3v) is 5.55. The highest BCUT2D eigenvalue weighted by Crippen LogP contribution is 2.24. The quantitative estimate of drug-likeness (QED) is 0.548. The van der Waals surface area contributed by atoms with Crippen LogP contribution in [-0.2, 0) is 14.8 Å². The molecule has 0 heterocycles. The molecule has 0 fully saturated rings. The fourth-order valence-corrected chi connectivity index (χ4v) is 4.18. The maximum atomic E-state index is 12.5. The molecule has 4 N–H and O–H groups in total. The van der Waals surface area contributed by atoms with Crippen molar-refractivity contribution in [2.75, 3.05) is 11.9 Å². The average molecular weight is 406 g/mol. The summed E-state index contributed by atoms with van der Waals surface area (Å²) in [4.78, 5) is 12.3. The summed E-state index contributed by atoms with van der Waals surface area (Å²) in [5, 5.41) is 2.82. The number of unbranched alkanes of at least 4 members (excludes halogenated alkanes) is 3. The van der Waals surface area contributed by atoms with Gasteiger partial charge in [-0.3, -0.25) is 4.79 Å². The van der Waals surface area contributed by atoms with E-state index >= 15 is 0 Å². The zero-order chi connectivity index (χ0) is 19.1. The van der Waals surface area contributed by atoms with Gasteiger partial charge < -0.3 is 11.1 Å². The molecule has 0 unspecified atom stereocenters. The minimum atomic E-state index is -3.65. The van der Waals surface area contributed by atoms with Crippen LogP contribution < -0.4 is 15.8 Å². The zero-order valence-corrected chi connectivity index (χ0v) is 17.7. The fourth-order valence-electron chi connectivity index (χ4n) is 2.50. The van der Waals surface area contributed by atoms with Crippen molar-refractivity contribution in [1.29, 1.82) is 0 Å². The number of hydrogen-bond donors (Lipinski definition) is 3. The van der Waals surface area contributed by atoms with Gasteiger partial charge in [0.15, 0.2) is 0 Å². The number of rotatable bonds is 9. The van der Waals surface area contributed by atoms with Gasteiger partial charge in [0.1, 0.15) is 0 Å². The minimum Gasteiger partial charge on any atom is -0.330 e. The second-order valence-electron chi connectivity index (χ2n) is 7.29. The second-order valence-corrected chi connectivity index (χ2v) is 8.94. The lowest BCUT2D eigenvalue weighted by Crippen LogP contribution is -2.40. The number of amides is 1. The topological polar surface area (TPSA) is 101 Å². The van der Waals surface area contributed by atoms with Gasteiger partial charge in [-0.15, -0.1) is 12.4 Å². The molecule has 0 aliphatic heterocycles. The third kappa shape index (κ3) is 8.49. The first-order valence-electron chi connectivity index (χ1n) is 8.70. The maximum absolute atomic E-state index is 12.5. The Balaban J connectivity index is 0.00000625. The molecule has 0 aliphatic carbocycles. The van der Waals surface area contributed by atoms with Crippen LogP contribution in [0.2, 0.25) is 0 Å². The summed E-state index contributed by atoms with van der Waals surface area (Å²) in [6.45, 7) is 7.74. The van der Waals surface area contributed by atoms with Gasteiger partial charge in [0.25, 0.3) is 0 Å². The summed E-state index contributed by atoms with van der Waals surface area (Å²) < 4.78 is 27.7. The summed E-state index contributed by atoms with van der Waals surface area (Å²) in [5.74, 6) is -0.103. The summed E-state index contributed by atoms with van der Waals surface area (Å²) >= 11 is 0. The molecule has 0 spiro atoms. The van der Waals surface area contributed by atoms with Crippen molar-refractivity contribution < 1.29 is 13.2 Å². The first-order valence-corrected chi connectivity index (χ1v) is 10.2. The van der Waals surface area contributed by atoms with Crippen LogP contribution in [0.3, 0.4) is 0 Å². The summed E-state index contributed by atoms with van der Waals surface area (Å²) in [6.07, 6.45) is 4.18. The van der Waals surface area contributed by atoms with Gasteiger partial charge in [-0.05, 0) is 64.8 Å². The molecular weight excluding hydrogens is 374 g/mol. The molecule has 0 aliphatic rings. The molecule has 0 aromatic heterocycles. The number of carbonyl (C=O) groups is 1. The smallest absolute Gasteiger partial charge is 0.241 e. The molecule has 0 atom stereocenters. The van der Waals surface area contributed by atoms with E-state index in [-0.39, 0.29) is 23.2 Å². The van der Waals surface area contributed by atoms with Crippen molar-refractivity contribution in [2.45, 2.75) is 70.2 Å². The normalized spacial score (nSPS) is 11.7. The number of halogens is 1. The van der Waals surface area contributed by atoms with Gasteiger partial charge in [-0.2, -0.15) is 0 Å². The lowest BCUT2D eigenvalue weighted by Gasteiger charge is -2.22. The Morgan fingerprint density at radius 1 is 1.12 bits per heavy atom. The first kappa shape index (κ1) is 24.8. The van der Waals surface area contributed by atoms with Crippen molar-refractivity contribution in [3.63, 3.8) is 0 Å². The van der Waals surface area contributed by atoms with Crippen molar-refractivity contribution in [3.05, 3.63) is 23.8 Å². The van der Waals surface area contributed by atoms with Crippen molar-refractivity contribution in [3.8, 4) is 0 Å². The number of carbonyl (C=O) groups excluding carboxylic acids is 1. The Bertz CT molecular complexity index is 685. The molecule has 150 valence electrons. The van der Waals surface area contributed by atoms with Gasteiger partial charge in [-0.1, -0.05) is 18.9 Å². The number of hydrogen-bond acceptors (Lipinski definition) is 4. The van der Waals surface area contributed by atoms with Crippen LogP contribution in [0.15, 0.2) is 23.1 Å². The van der Waals surface area contributed by atoms with E-state index < -0.39 is 15.6 Å². The Hall–Kier alpha value is -1.15. The van der Waals surface area contributed by atoms with E-state index in [1.54, 1.807) is 45.9 Å². The highest BCUT2D eigenvalue weighted by atomic mass is 35.5. The molecule has 8 heteroatoms. The summed E-state index contributed by atoms with van der Waals surface area (Å²) in [5.41, 5.74) is 5.94. The highest BCUT2D eigenvalue weighted by Gasteiger charge is 2.24. The second kappa shape index (κ2) is 10.9. The predicted octanol–water partition coefficient (Wildman–Crippen LogP) is 3.34. The predicted molar refractivity (Wildman–Crippen MR) is 109 cm³/mol. The number of sulfonamides is 1. The number of nitrogens with one attached hydrogen (secondary N) is 2. The van der Waals surface area contributed by atoms with E-state index in [2.05, 4.69) is 10.0 Å². The van der Waals surface area contributed by atoms with Crippen molar-refractivity contribution in [1.82, 2.24) is 4.72 Å². The summed E-state index contributed by atoms with van der Waals surface area (Å²) in [7, 11) is -3.65. The van der Waals surface area contributed by atoms with Crippen LogP contribution in [0.5, 0.6) is 0 Å². The molecule has 26 heavy (non-hydrogen) atoms. The summed E-state index contributed by atoms with van der Waals surface area (Å²) in [6, 6.07) is 4.91. The Labute approximate surface area is 163 Å². The zero-order valence-electron chi connectivity index (χ0n) is 16.1. The van der Waals surface area contributed by atoms with Gasteiger partial charge >= 0.3 is 0 Å². The molecule has 6 nitrogen and oxygen atoms in total. The van der Waals surface area contributed by atoms with Crippen LogP contribution in [0.1, 0.15) is 58.4 Å². The van der Waals surface area contributed by atoms with E-state index in [1.165, 1.54) is 0 Å². The van der Waals surface area contributed by atoms with E-state index in [9.17, 15) is 13.2 Å². The van der Waals surface area contributed by atoms with E-state index in [1.807, 2.05) is 0 Å². The van der Waals surface area contributed by atoms with E-state index in [0.717, 1.165) is 25.7 Å². The van der Waals surface area contributed by atoms with Crippen LogP contribution in [-0.4, -0.2) is 26.4 Å². The van der Waals surface area contributed by atoms with Crippen LogP contribution in [0, 0.1) is 6.92 Å². The molecule has 0 bridgehead atoms. The Morgan fingerprint density at radius 3 is 2.31 bits per heavy atom. The van der Waals surface area contributed by atoms with Gasteiger partial charge in [0.2, 0.25) is 15.9 Å². The van der Waals surface area contributed by atoms with Crippen LogP contribution in [0.4, 0.5) is 5.69 Å². The molecule has 0 radical (unpaired) electrons. The molecule has 1 amide bonds. The highest BCUT2D eigenvalue weighted by molar-refractivity contribution is 7.89. The lowest BCUT2D eigenvalue weighted by atomic mass is 10.1. The number of anilines is 1. The van der Waals surface area contributed by atoms with Crippen molar-refractivity contribution in [2.24, 2.45) is 5.73 Å². The standard InChI is InChI=1S/C18H31N3O3S.ClH/c1-14-15(20-17(22)12-7-5-6-8-13-19)10-9-11-16(14)25(23,24)21-18(2,3)4;/h9-11,21H,5-8,12-13,19H2,1-4H3,(H,20,22);1H. The van der Waals surface area contributed by atoms with Gasteiger partial charge in [-0.25, -0.2) is 13.1 Å². The molecule has 1 aromatic rings. The third-order valence-electron chi connectivity index (χ3n) is 3.65. The van der Waals surface area contributed by atoms with Crippen LogP contribution in [0.25, 0.3) is 0 Å². The van der Waals surface area contributed by atoms with Gasteiger partial charge in [0, 0.05) is 17.6 Å². The van der Waals surface area contributed by atoms with Gasteiger partial charge in [0.05, 0.1) is 4.90 Å². The van der Waals surface area contributed by atoms with E-state index in [4.69, 9.17) is 5.73 Å². The molecular formula is C18H32ClN3O3S. The first-order chi connectivity index (χ1) is 11.6. The molecule has 1 rings (SSSR count). The number of nitrogens with two attached hydrogens (primary N) is 1. The molecule has 0 saturated heterocycles. The molecule has 0 saturated carbocycles. The fraction of sp³-hybridized carbons (Fsp3) is 0.611. The average Bonchev–Trinajstić information content (AvgIpc) is 2.46. The van der Waals surface area contributed by atoms with Crippen LogP contribution >= 0.6 is 12.4 Å². The van der Waals surface area contributed by atoms with Crippen molar-refractivity contribution >= 4 is 34.0 Å². The molecule has 1 aromatic carbocycles.